The second-order valence-electron chi connectivity index (χ2n) is 12.9. The monoisotopic (exact) mass is 711 g/mol. The molecule has 4 aliphatic rings. The van der Waals surface area contributed by atoms with Gasteiger partial charge in [0.05, 0.1) is 41.8 Å². The van der Waals surface area contributed by atoms with Crippen molar-refractivity contribution in [2.45, 2.75) is 29.5 Å². The summed E-state index contributed by atoms with van der Waals surface area (Å²) in [5.41, 5.74) is 2.38. The molecule has 0 spiro atoms. The van der Waals surface area contributed by atoms with Crippen LogP contribution in [0.3, 0.4) is 0 Å². The molecule has 2 N–H and O–H groups in total. The van der Waals surface area contributed by atoms with E-state index in [-0.39, 0.29) is 64.7 Å². The van der Waals surface area contributed by atoms with Gasteiger partial charge in [0, 0.05) is 21.7 Å². The molecule has 1 saturated heterocycles. The van der Waals surface area contributed by atoms with E-state index in [4.69, 9.17) is 14.2 Å². The lowest BCUT2D eigenvalue weighted by atomic mass is 9.68. The second-order valence-corrected chi connectivity index (χ2v) is 15.1. The van der Waals surface area contributed by atoms with Gasteiger partial charge in [-0.05, 0) is 97.3 Å². The van der Waals surface area contributed by atoms with Crippen LogP contribution in [-0.2, 0) is 19.1 Å². The number of benzene rings is 3. The number of ether oxygens (including phenoxy) is 3. The van der Waals surface area contributed by atoms with Crippen LogP contribution >= 0.6 is 23.1 Å². The minimum Gasteiger partial charge on any atom is -0.497 e. The van der Waals surface area contributed by atoms with E-state index in [1.165, 1.54) is 16.2 Å². The molecule has 3 heterocycles. The Morgan fingerprint density at radius 2 is 1.68 bits per heavy atom. The number of nitrogens with zero attached hydrogens (tertiary/aromatic N) is 1. The van der Waals surface area contributed by atoms with Crippen LogP contribution < -0.4 is 24.6 Å². The Hall–Kier alpha value is -4.88. The van der Waals surface area contributed by atoms with Crippen LogP contribution in [0, 0.1) is 29.6 Å². The summed E-state index contributed by atoms with van der Waals surface area (Å²) in [6.07, 6.45) is 0.776. The molecule has 2 bridgehead atoms. The lowest BCUT2D eigenvalue weighted by Crippen LogP contribution is -2.42. The van der Waals surface area contributed by atoms with Crippen molar-refractivity contribution in [1.82, 2.24) is 4.98 Å². The van der Waals surface area contributed by atoms with Crippen LogP contribution in [0.1, 0.15) is 40.1 Å². The normalized spacial score (nSPS) is 25.9. The summed E-state index contributed by atoms with van der Waals surface area (Å²) in [4.78, 5) is 70.5. The predicted octanol–water partition coefficient (Wildman–Crippen LogP) is 5.32. The highest BCUT2D eigenvalue weighted by Gasteiger charge is 2.69. The Labute approximate surface area is 295 Å². The topological polar surface area (TPSA) is 144 Å². The van der Waals surface area contributed by atoms with Crippen molar-refractivity contribution in [3.63, 3.8) is 0 Å². The maximum atomic E-state index is 14.1. The van der Waals surface area contributed by atoms with Gasteiger partial charge in [-0.15, -0.1) is 11.8 Å². The van der Waals surface area contributed by atoms with Gasteiger partial charge in [0.25, 0.3) is 5.91 Å². The summed E-state index contributed by atoms with van der Waals surface area (Å²) in [6.45, 7) is 1.76. The second kappa shape index (κ2) is 12.8. The van der Waals surface area contributed by atoms with Gasteiger partial charge >= 0.3 is 10.8 Å². The van der Waals surface area contributed by atoms with Crippen LogP contribution in [0.25, 0.3) is 0 Å². The predicted molar refractivity (Wildman–Crippen MR) is 187 cm³/mol. The van der Waals surface area contributed by atoms with Gasteiger partial charge in [-0.2, -0.15) is 0 Å². The number of fused-ring (bicyclic) bond motifs is 9. The third kappa shape index (κ3) is 5.39. The Morgan fingerprint density at radius 1 is 0.940 bits per heavy atom. The largest absolute Gasteiger partial charge is 0.497 e. The molecule has 0 radical (unpaired) electrons. The fraction of sp³-hybridized carbons (Fsp3) is 0.324. The molecule has 3 aromatic carbocycles. The number of rotatable bonds is 9. The summed E-state index contributed by atoms with van der Waals surface area (Å²) in [6, 6.07) is 21.0. The highest BCUT2D eigenvalue weighted by Crippen LogP contribution is 2.68. The van der Waals surface area contributed by atoms with Crippen molar-refractivity contribution in [2.24, 2.45) is 29.6 Å². The van der Waals surface area contributed by atoms with E-state index in [0.29, 0.717) is 28.4 Å². The van der Waals surface area contributed by atoms with Gasteiger partial charge in [-0.3, -0.25) is 24.1 Å². The van der Waals surface area contributed by atoms with E-state index in [1.807, 2.05) is 18.2 Å². The number of carbonyl (C=O) groups is 4. The first kappa shape index (κ1) is 32.3. The van der Waals surface area contributed by atoms with Crippen LogP contribution in [0.2, 0.25) is 0 Å². The number of hydrogen-bond donors (Lipinski definition) is 2. The summed E-state index contributed by atoms with van der Waals surface area (Å²) in [5, 5.41) is 3.64. The van der Waals surface area contributed by atoms with Crippen molar-refractivity contribution in [2.75, 3.05) is 30.5 Å². The quantitative estimate of drug-likeness (QED) is 0.174. The molecule has 2 aliphatic carbocycles. The Kier molecular flexibility index (Phi) is 8.26. The third-order valence-corrected chi connectivity index (χ3v) is 12.9. The van der Waals surface area contributed by atoms with E-state index in [0.717, 1.165) is 21.9 Å². The van der Waals surface area contributed by atoms with E-state index < -0.39 is 17.8 Å². The number of hydrogen-bond acceptors (Lipinski definition) is 10. The van der Waals surface area contributed by atoms with Crippen molar-refractivity contribution >= 4 is 58.2 Å². The number of imide groups is 1. The summed E-state index contributed by atoms with van der Waals surface area (Å²) < 4.78 is 16.2. The molecule has 2 aliphatic heterocycles. The number of amides is 3. The van der Waals surface area contributed by atoms with E-state index in [1.54, 1.807) is 80.4 Å². The van der Waals surface area contributed by atoms with Crippen LogP contribution in [0.5, 0.6) is 11.5 Å². The summed E-state index contributed by atoms with van der Waals surface area (Å²) in [5.74, 6) is -1.01. The van der Waals surface area contributed by atoms with Gasteiger partial charge < -0.3 is 24.5 Å². The molecule has 13 heteroatoms. The molecule has 256 valence electrons. The number of H-pyrrole nitrogens is 1. The Bertz CT molecular complexity index is 2060. The summed E-state index contributed by atoms with van der Waals surface area (Å²) >= 11 is 2.82. The number of thiazole rings is 1. The molecule has 8 rings (SSSR count). The zero-order valence-corrected chi connectivity index (χ0v) is 28.8. The first-order valence-electron chi connectivity index (χ1n) is 16.5. The van der Waals surface area contributed by atoms with Crippen molar-refractivity contribution in [3.8, 4) is 11.5 Å². The first-order valence-corrected chi connectivity index (χ1v) is 18.2. The Balaban J connectivity index is 1.03. The number of aromatic nitrogens is 1. The molecule has 50 heavy (non-hydrogen) atoms. The van der Waals surface area contributed by atoms with E-state index >= 15 is 0 Å². The molecular weight excluding hydrogens is 679 g/mol. The van der Waals surface area contributed by atoms with Gasteiger partial charge in [0.15, 0.2) is 6.61 Å². The van der Waals surface area contributed by atoms with Gasteiger partial charge in [0.2, 0.25) is 11.8 Å². The first-order chi connectivity index (χ1) is 24.2. The highest BCUT2D eigenvalue weighted by molar-refractivity contribution is 8.00. The van der Waals surface area contributed by atoms with E-state index in [9.17, 15) is 24.0 Å². The minimum absolute atomic E-state index is 0.00626. The number of methoxy groups -OCH3 is 1. The van der Waals surface area contributed by atoms with Crippen molar-refractivity contribution < 1.29 is 33.4 Å². The number of carbonyl (C=O) groups excluding carboxylic acids is 4. The minimum atomic E-state index is -0.431. The molecule has 4 unspecified atom stereocenters. The highest BCUT2D eigenvalue weighted by atomic mass is 32.2. The number of thioether (sulfide) groups is 1. The average molecular weight is 712 g/mol. The zero-order chi connectivity index (χ0) is 34.7. The van der Waals surface area contributed by atoms with Gasteiger partial charge in [0.1, 0.15) is 11.5 Å². The number of esters is 1. The molecule has 2 saturated carbocycles. The molecule has 7 atom stereocenters. The van der Waals surface area contributed by atoms with E-state index in [2.05, 4.69) is 10.3 Å². The van der Waals surface area contributed by atoms with Gasteiger partial charge in [-0.1, -0.05) is 23.5 Å². The molecule has 3 amide bonds. The average Bonchev–Trinajstić information content (AvgIpc) is 3.86. The smallest absolute Gasteiger partial charge is 0.338 e. The lowest BCUT2D eigenvalue weighted by Gasteiger charge is -2.43. The maximum absolute atomic E-state index is 14.1. The summed E-state index contributed by atoms with van der Waals surface area (Å²) in [7, 11) is 1.57. The molecule has 11 nitrogen and oxygen atoms in total. The fourth-order valence-electron chi connectivity index (χ4n) is 8.42. The molecule has 4 aromatic rings. The van der Waals surface area contributed by atoms with Crippen molar-refractivity contribution in [1.29, 1.82) is 0 Å². The lowest BCUT2D eigenvalue weighted by molar-refractivity contribution is -0.123. The number of nitrogens with one attached hydrogen (secondary N) is 2. The van der Waals surface area contributed by atoms with Crippen LogP contribution in [0.15, 0.2) is 82.6 Å². The number of aromatic amines is 1. The van der Waals surface area contributed by atoms with Crippen LogP contribution in [-0.4, -0.2) is 54.2 Å². The zero-order valence-electron chi connectivity index (χ0n) is 27.1. The Morgan fingerprint density at radius 3 is 2.40 bits per heavy atom. The fourth-order valence-corrected chi connectivity index (χ4v) is 11.3. The van der Waals surface area contributed by atoms with Crippen LogP contribution in [0.4, 0.5) is 11.4 Å². The molecular formula is C37H33N3O8S2. The molecule has 3 fully saturated rings. The SMILES string of the molecule is CCOC(=O)c1ccc(NC(=O)COc2cccc([C@H]3c4sc(=O)[nH]c4SC4C3[C@H]3C[C@@H]4C4C(=O)N(c5ccc(OC)cc5)C(=O)C43)c2)cc1. The standard InChI is InChI=1S/C37H33N3O8S2/c1-3-47-36(44)18-7-9-20(10-8-18)38-26(41)17-48-23-6-4-5-19(15-23)27-28-24-16-25(31(28)49-33-32(27)50-37(45)39-33)30-29(24)34(42)40(35(30)43)21-11-13-22(46-2)14-12-21/h4-15,24-25,27-31H,3,16-17H2,1-2H3,(H,38,41)(H,39,45)/t24-,25-,27-,28?,29?,30?,31?/m1/s1. The van der Waals surface area contributed by atoms with Gasteiger partial charge in [-0.25, -0.2) is 4.79 Å². The maximum Gasteiger partial charge on any atom is 0.338 e. The third-order valence-electron chi connectivity index (χ3n) is 10.3. The number of anilines is 2. The van der Waals surface area contributed by atoms with Crippen molar-refractivity contribution in [3.05, 3.63) is 98.5 Å². The molecule has 1 aromatic heterocycles.